The quantitative estimate of drug-likeness (QED) is 0.881. The molecule has 0 aliphatic carbocycles. The summed E-state index contributed by atoms with van der Waals surface area (Å²) in [6.07, 6.45) is -0.509. The Hall–Kier alpha value is -2.37. The highest BCUT2D eigenvalue weighted by Crippen LogP contribution is 2.24. The number of fused-ring (bicyclic) bond motifs is 1. The molecule has 2 rings (SSSR count). The third-order valence-corrected chi connectivity index (χ3v) is 3.78. The smallest absolute Gasteiger partial charge is 0.408 e. The molecule has 1 aliphatic heterocycles. The van der Waals surface area contributed by atoms with E-state index in [2.05, 4.69) is 15.6 Å². The average molecular weight is 345 g/mol. The Morgan fingerprint density at radius 3 is 2.48 bits per heavy atom. The second-order valence-corrected chi connectivity index (χ2v) is 7.61. The summed E-state index contributed by atoms with van der Waals surface area (Å²) in [6, 6.07) is 6.57. The van der Waals surface area contributed by atoms with E-state index in [1.165, 1.54) is 0 Å². The lowest BCUT2D eigenvalue weighted by atomic mass is 10.0. The van der Waals surface area contributed by atoms with Crippen LogP contribution in [0.15, 0.2) is 29.3 Å². The van der Waals surface area contributed by atoms with Gasteiger partial charge in [0.2, 0.25) is 5.91 Å². The Morgan fingerprint density at radius 1 is 1.24 bits per heavy atom. The molecule has 1 aromatic rings. The van der Waals surface area contributed by atoms with E-state index >= 15 is 0 Å². The van der Waals surface area contributed by atoms with E-state index in [0.717, 1.165) is 5.56 Å². The number of carbonyl (C=O) groups is 2. The largest absolute Gasteiger partial charge is 0.444 e. The van der Waals surface area contributed by atoms with Gasteiger partial charge in [-0.2, -0.15) is 0 Å². The highest BCUT2D eigenvalue weighted by molar-refractivity contribution is 6.14. The third kappa shape index (κ3) is 4.81. The number of benzene rings is 1. The van der Waals surface area contributed by atoms with Crippen LogP contribution in [0.1, 0.15) is 47.1 Å². The summed E-state index contributed by atoms with van der Waals surface area (Å²) in [5.74, 6) is -0.0973. The number of anilines is 1. The molecule has 0 radical (unpaired) electrons. The molecule has 1 aromatic carbocycles. The summed E-state index contributed by atoms with van der Waals surface area (Å²) >= 11 is 0. The Morgan fingerprint density at radius 2 is 1.88 bits per heavy atom. The maximum Gasteiger partial charge on any atom is 0.408 e. The van der Waals surface area contributed by atoms with Crippen LogP contribution in [0.2, 0.25) is 0 Å². The number of alkyl carbamates (subject to hydrolysis) is 1. The van der Waals surface area contributed by atoms with Crippen LogP contribution < -0.4 is 10.6 Å². The van der Waals surface area contributed by atoms with Crippen molar-refractivity contribution in [3.63, 3.8) is 0 Å². The molecule has 6 nitrogen and oxygen atoms in total. The zero-order chi connectivity index (χ0) is 18.8. The molecule has 0 aromatic heterocycles. The number of carbonyl (C=O) groups excluding carboxylic acids is 2. The zero-order valence-electron chi connectivity index (χ0n) is 15.7. The highest BCUT2D eigenvalue weighted by atomic mass is 16.6. The minimum Gasteiger partial charge on any atom is -0.444 e. The predicted octanol–water partition coefficient (Wildman–Crippen LogP) is 3.37. The summed E-state index contributed by atoms with van der Waals surface area (Å²) in [7, 11) is 0. The molecule has 1 heterocycles. The van der Waals surface area contributed by atoms with Gasteiger partial charge in [-0.3, -0.25) is 9.79 Å². The molecule has 0 saturated carbocycles. The van der Waals surface area contributed by atoms with E-state index in [1.54, 1.807) is 0 Å². The van der Waals surface area contributed by atoms with Crippen LogP contribution in [0, 0.1) is 5.92 Å². The van der Waals surface area contributed by atoms with Crippen LogP contribution in [0.4, 0.5) is 10.5 Å². The maximum absolute atomic E-state index is 12.5. The number of ether oxygens (including phenoxy) is 1. The van der Waals surface area contributed by atoms with Crippen molar-refractivity contribution >= 4 is 23.4 Å². The van der Waals surface area contributed by atoms with Crippen molar-refractivity contribution in [2.45, 2.75) is 59.2 Å². The van der Waals surface area contributed by atoms with Gasteiger partial charge in [0.05, 0.1) is 11.8 Å². The number of para-hydroxylation sites is 1. The lowest BCUT2D eigenvalue weighted by Gasteiger charge is -2.23. The van der Waals surface area contributed by atoms with Crippen LogP contribution in [-0.2, 0) is 9.53 Å². The van der Waals surface area contributed by atoms with Gasteiger partial charge in [0, 0.05) is 11.3 Å². The Balaban J connectivity index is 2.35. The van der Waals surface area contributed by atoms with Crippen molar-refractivity contribution in [1.82, 2.24) is 5.32 Å². The number of hydrogen-bond donors (Lipinski definition) is 2. The van der Waals surface area contributed by atoms with Gasteiger partial charge in [-0.25, -0.2) is 4.79 Å². The summed E-state index contributed by atoms with van der Waals surface area (Å²) in [5.41, 5.74) is 1.60. The topological polar surface area (TPSA) is 79.8 Å². The van der Waals surface area contributed by atoms with Crippen LogP contribution in [-0.4, -0.2) is 35.4 Å². The third-order valence-electron chi connectivity index (χ3n) is 3.78. The molecule has 0 saturated heterocycles. The van der Waals surface area contributed by atoms with E-state index in [0.29, 0.717) is 11.4 Å². The number of amides is 2. The van der Waals surface area contributed by atoms with Crippen molar-refractivity contribution < 1.29 is 14.3 Å². The van der Waals surface area contributed by atoms with E-state index in [4.69, 9.17) is 4.74 Å². The normalized spacial score (nSPS) is 18.6. The van der Waals surface area contributed by atoms with E-state index in [9.17, 15) is 9.59 Å². The van der Waals surface area contributed by atoms with Crippen molar-refractivity contribution in [3.8, 4) is 0 Å². The fourth-order valence-electron chi connectivity index (χ4n) is 2.65. The molecule has 0 unspecified atom stereocenters. The summed E-state index contributed by atoms with van der Waals surface area (Å²) < 4.78 is 5.33. The van der Waals surface area contributed by atoms with E-state index < -0.39 is 23.8 Å². The number of hydrogen-bond acceptors (Lipinski definition) is 4. The first-order chi connectivity index (χ1) is 11.6. The number of rotatable bonds is 3. The first-order valence-corrected chi connectivity index (χ1v) is 8.56. The van der Waals surface area contributed by atoms with E-state index in [-0.39, 0.29) is 11.8 Å². The van der Waals surface area contributed by atoms with Gasteiger partial charge in [-0.05, 0) is 39.7 Å². The average Bonchev–Trinajstić information content (AvgIpc) is 2.60. The van der Waals surface area contributed by atoms with Crippen LogP contribution >= 0.6 is 0 Å². The maximum atomic E-state index is 12.5. The molecular weight excluding hydrogens is 318 g/mol. The molecule has 2 N–H and O–H groups in total. The van der Waals surface area contributed by atoms with Gasteiger partial charge < -0.3 is 15.4 Å². The van der Waals surface area contributed by atoms with Crippen molar-refractivity contribution in [1.29, 1.82) is 0 Å². The van der Waals surface area contributed by atoms with Crippen LogP contribution in [0.25, 0.3) is 0 Å². The first-order valence-electron chi connectivity index (χ1n) is 8.56. The molecule has 2 amide bonds. The lowest BCUT2D eigenvalue weighted by molar-refractivity contribution is -0.118. The van der Waals surface area contributed by atoms with E-state index in [1.807, 2.05) is 65.8 Å². The van der Waals surface area contributed by atoms with Gasteiger partial charge in [-0.1, -0.05) is 32.0 Å². The van der Waals surface area contributed by atoms with Crippen molar-refractivity contribution in [2.24, 2.45) is 10.9 Å². The van der Waals surface area contributed by atoms with Gasteiger partial charge in [0.15, 0.2) is 0 Å². The fraction of sp³-hybridized carbons (Fsp3) is 0.526. The number of nitrogens with zero attached hydrogens (tertiary/aromatic N) is 1. The molecule has 0 bridgehead atoms. The van der Waals surface area contributed by atoms with Gasteiger partial charge in [0.25, 0.3) is 0 Å². The molecule has 136 valence electrons. The van der Waals surface area contributed by atoms with Crippen LogP contribution in [0.3, 0.4) is 0 Å². The van der Waals surface area contributed by atoms with Crippen molar-refractivity contribution in [3.05, 3.63) is 29.8 Å². The Bertz CT molecular complexity index is 689. The number of aliphatic imine (C=N–C) groups is 1. The SMILES string of the molecule is CC(C)[C@@H]1N=C([C@H](C)NC(=O)OC(C)(C)C)c2ccccc2NC1=O. The van der Waals surface area contributed by atoms with Gasteiger partial charge in [-0.15, -0.1) is 0 Å². The summed E-state index contributed by atoms with van der Waals surface area (Å²) in [6.45, 7) is 11.2. The molecule has 1 aliphatic rings. The summed E-state index contributed by atoms with van der Waals surface area (Å²) in [5, 5.41) is 5.75. The predicted molar refractivity (Wildman–Crippen MR) is 99.1 cm³/mol. The molecule has 25 heavy (non-hydrogen) atoms. The molecule has 6 heteroatoms. The Labute approximate surface area is 149 Å². The summed E-state index contributed by atoms with van der Waals surface area (Å²) in [4.78, 5) is 29.3. The van der Waals surface area contributed by atoms with Gasteiger partial charge >= 0.3 is 6.09 Å². The number of nitrogens with one attached hydrogen (secondary N) is 2. The second-order valence-electron chi connectivity index (χ2n) is 7.61. The monoisotopic (exact) mass is 345 g/mol. The standard InChI is InChI=1S/C19H27N3O3/c1-11(2)15-17(23)21-14-10-8-7-9-13(14)16(22-15)12(3)20-18(24)25-19(4,5)6/h7-12,15H,1-6H3,(H,20,24)(H,21,23)/t12-,15-/m0/s1. The lowest BCUT2D eigenvalue weighted by Crippen LogP contribution is -2.42. The number of benzodiazepines with no additional fused rings is 1. The molecule has 0 fully saturated rings. The molecular formula is C19H27N3O3. The fourth-order valence-corrected chi connectivity index (χ4v) is 2.65. The highest BCUT2D eigenvalue weighted by Gasteiger charge is 2.30. The second kappa shape index (κ2) is 7.25. The van der Waals surface area contributed by atoms with Crippen LogP contribution in [0.5, 0.6) is 0 Å². The molecule has 0 spiro atoms. The Kier molecular flexibility index (Phi) is 5.50. The minimum absolute atomic E-state index is 0.0399. The molecule has 2 atom stereocenters. The minimum atomic E-state index is -0.578. The van der Waals surface area contributed by atoms with Gasteiger partial charge in [0.1, 0.15) is 11.6 Å². The van der Waals surface area contributed by atoms with Crippen molar-refractivity contribution in [2.75, 3.05) is 5.32 Å². The first kappa shape index (κ1) is 19.0. The zero-order valence-corrected chi connectivity index (χ0v) is 15.7.